The number of aryl methyl sites for hydroxylation is 2. The molecule has 3 aromatic rings. The van der Waals surface area contributed by atoms with Crippen molar-refractivity contribution in [3.63, 3.8) is 0 Å². The quantitative estimate of drug-likeness (QED) is 0.699. The van der Waals surface area contributed by atoms with Crippen LogP contribution >= 0.6 is 11.8 Å². The van der Waals surface area contributed by atoms with Gasteiger partial charge in [-0.15, -0.1) is 0 Å². The van der Waals surface area contributed by atoms with Gasteiger partial charge in [-0.2, -0.15) is 0 Å². The summed E-state index contributed by atoms with van der Waals surface area (Å²) < 4.78 is 26.3. The Balaban J connectivity index is 2.02. The van der Waals surface area contributed by atoms with E-state index < -0.39 is 15.6 Å². The van der Waals surface area contributed by atoms with E-state index in [1.54, 1.807) is 24.3 Å². The maximum atomic E-state index is 12.8. The Kier molecular flexibility index (Phi) is 4.83. The van der Waals surface area contributed by atoms with Gasteiger partial charge in [0.15, 0.2) is 0 Å². The van der Waals surface area contributed by atoms with Crippen LogP contribution in [0.4, 0.5) is 0 Å². The summed E-state index contributed by atoms with van der Waals surface area (Å²) in [4.78, 5) is 14.0. The number of hydrogen-bond donors (Lipinski definition) is 0. The molecule has 0 atom stereocenters. The molecule has 2 aromatic carbocycles. The molecule has 3 rings (SSSR count). The summed E-state index contributed by atoms with van der Waals surface area (Å²) in [5, 5.41) is 0. The fourth-order valence-corrected chi connectivity index (χ4v) is 4.45. The fourth-order valence-electron chi connectivity index (χ4n) is 2.28. The zero-order chi connectivity index (χ0) is 18.0. The number of nitrogens with zero attached hydrogens (tertiary/aromatic N) is 1. The standard InChI is InChI=1S/C19H17NO3S2/c1-14-5-9-16(10-6-14)24-18-4-3-13-20(19(18)21)25(22,23)17-11-7-15(2)8-12-17/h3-13H,1-2H3. The van der Waals surface area contributed by atoms with E-state index in [-0.39, 0.29) is 4.90 Å². The van der Waals surface area contributed by atoms with Crippen LogP contribution in [0.5, 0.6) is 0 Å². The molecule has 4 nitrogen and oxygen atoms in total. The number of pyridine rings is 1. The second-order valence-corrected chi connectivity index (χ2v) is 8.64. The first-order valence-corrected chi connectivity index (χ1v) is 9.92. The molecule has 0 saturated carbocycles. The minimum atomic E-state index is -3.92. The Morgan fingerprint density at radius 1 is 0.840 bits per heavy atom. The van der Waals surface area contributed by atoms with Crippen LogP contribution in [-0.2, 0) is 10.0 Å². The zero-order valence-corrected chi connectivity index (χ0v) is 15.5. The van der Waals surface area contributed by atoms with Gasteiger partial charge in [0.05, 0.1) is 9.79 Å². The van der Waals surface area contributed by atoms with Crippen LogP contribution in [-0.4, -0.2) is 12.4 Å². The molecule has 0 saturated heterocycles. The zero-order valence-electron chi connectivity index (χ0n) is 13.8. The maximum absolute atomic E-state index is 12.8. The largest absolute Gasteiger partial charge is 0.278 e. The topological polar surface area (TPSA) is 56.1 Å². The third-order valence-corrected chi connectivity index (χ3v) is 6.42. The van der Waals surface area contributed by atoms with E-state index in [1.165, 1.54) is 30.1 Å². The summed E-state index contributed by atoms with van der Waals surface area (Å²) in [6.07, 6.45) is 1.29. The van der Waals surface area contributed by atoms with Crippen LogP contribution in [0, 0.1) is 13.8 Å². The van der Waals surface area contributed by atoms with E-state index in [1.807, 2.05) is 38.1 Å². The van der Waals surface area contributed by atoms with Crippen molar-refractivity contribution in [2.45, 2.75) is 28.5 Å². The van der Waals surface area contributed by atoms with Crippen molar-refractivity contribution >= 4 is 21.8 Å². The molecule has 1 heterocycles. The lowest BCUT2D eigenvalue weighted by molar-refractivity contribution is 0.584. The summed E-state index contributed by atoms with van der Waals surface area (Å²) in [6, 6.07) is 17.4. The lowest BCUT2D eigenvalue weighted by Crippen LogP contribution is -2.27. The Hall–Kier alpha value is -2.31. The van der Waals surface area contributed by atoms with Crippen LogP contribution in [0.2, 0.25) is 0 Å². The van der Waals surface area contributed by atoms with E-state index in [4.69, 9.17) is 0 Å². The number of aromatic nitrogens is 1. The Labute approximate surface area is 151 Å². The van der Waals surface area contributed by atoms with E-state index >= 15 is 0 Å². The Morgan fingerprint density at radius 3 is 2.00 bits per heavy atom. The van der Waals surface area contributed by atoms with Crippen molar-refractivity contribution in [2.75, 3.05) is 0 Å². The number of rotatable bonds is 4. The van der Waals surface area contributed by atoms with Gasteiger partial charge in [0.2, 0.25) is 0 Å². The van der Waals surface area contributed by atoms with Gasteiger partial charge in [0, 0.05) is 11.1 Å². The molecule has 0 spiro atoms. The minimum Gasteiger partial charge on any atom is -0.267 e. The van der Waals surface area contributed by atoms with Crippen LogP contribution in [0.1, 0.15) is 11.1 Å². The van der Waals surface area contributed by atoms with Gasteiger partial charge in [0.1, 0.15) is 0 Å². The van der Waals surface area contributed by atoms with Gasteiger partial charge in [-0.3, -0.25) is 4.79 Å². The smallest absolute Gasteiger partial charge is 0.267 e. The molecule has 0 aliphatic carbocycles. The van der Waals surface area contributed by atoms with Crippen molar-refractivity contribution in [3.05, 3.63) is 88.3 Å². The third-order valence-electron chi connectivity index (χ3n) is 3.71. The summed E-state index contributed by atoms with van der Waals surface area (Å²) in [7, 11) is -3.92. The van der Waals surface area contributed by atoms with Crippen molar-refractivity contribution in [1.29, 1.82) is 0 Å². The Bertz CT molecular complexity index is 1050. The van der Waals surface area contributed by atoms with Gasteiger partial charge in [-0.25, -0.2) is 12.4 Å². The van der Waals surface area contributed by atoms with E-state index in [2.05, 4.69) is 0 Å². The SMILES string of the molecule is Cc1ccc(Sc2cccn(S(=O)(=O)c3ccc(C)cc3)c2=O)cc1. The average molecular weight is 371 g/mol. The lowest BCUT2D eigenvalue weighted by Gasteiger charge is -2.09. The van der Waals surface area contributed by atoms with E-state index in [0.29, 0.717) is 4.90 Å². The van der Waals surface area contributed by atoms with Crippen molar-refractivity contribution in [3.8, 4) is 0 Å². The van der Waals surface area contributed by atoms with Gasteiger partial charge in [-0.05, 0) is 50.2 Å². The monoisotopic (exact) mass is 371 g/mol. The molecule has 6 heteroatoms. The van der Waals surface area contributed by atoms with E-state index in [0.717, 1.165) is 20.0 Å². The molecule has 0 amide bonds. The molecule has 0 aliphatic heterocycles. The maximum Gasteiger partial charge on any atom is 0.278 e. The lowest BCUT2D eigenvalue weighted by atomic mass is 10.2. The van der Waals surface area contributed by atoms with Crippen LogP contribution < -0.4 is 5.56 Å². The van der Waals surface area contributed by atoms with E-state index in [9.17, 15) is 13.2 Å². The Morgan fingerprint density at radius 2 is 1.40 bits per heavy atom. The summed E-state index contributed by atoms with van der Waals surface area (Å²) in [6.45, 7) is 3.86. The number of hydrogen-bond acceptors (Lipinski definition) is 4. The first-order valence-electron chi connectivity index (χ1n) is 7.66. The van der Waals surface area contributed by atoms with Crippen molar-refractivity contribution in [1.82, 2.24) is 3.97 Å². The highest BCUT2D eigenvalue weighted by atomic mass is 32.2. The molecular weight excluding hydrogens is 354 g/mol. The first kappa shape index (κ1) is 17.5. The molecule has 25 heavy (non-hydrogen) atoms. The highest BCUT2D eigenvalue weighted by Crippen LogP contribution is 2.25. The first-order chi connectivity index (χ1) is 11.9. The molecule has 0 unspecified atom stereocenters. The highest BCUT2D eigenvalue weighted by molar-refractivity contribution is 7.99. The van der Waals surface area contributed by atoms with Crippen molar-refractivity contribution in [2.24, 2.45) is 0 Å². The molecule has 0 aliphatic rings. The predicted molar refractivity (Wildman–Crippen MR) is 99.8 cm³/mol. The molecule has 0 bridgehead atoms. The minimum absolute atomic E-state index is 0.0951. The third kappa shape index (κ3) is 3.70. The second kappa shape index (κ2) is 6.90. The molecule has 0 N–H and O–H groups in total. The molecule has 1 aromatic heterocycles. The van der Waals surface area contributed by atoms with Crippen molar-refractivity contribution < 1.29 is 8.42 Å². The predicted octanol–water partition coefficient (Wildman–Crippen LogP) is 3.85. The highest BCUT2D eigenvalue weighted by Gasteiger charge is 2.19. The average Bonchev–Trinajstić information content (AvgIpc) is 2.59. The second-order valence-electron chi connectivity index (χ2n) is 5.71. The summed E-state index contributed by atoms with van der Waals surface area (Å²) in [5.41, 5.74) is 1.53. The summed E-state index contributed by atoms with van der Waals surface area (Å²) >= 11 is 1.25. The molecular formula is C19H17NO3S2. The van der Waals surface area contributed by atoms with Gasteiger partial charge < -0.3 is 0 Å². The molecule has 0 radical (unpaired) electrons. The molecule has 0 fully saturated rings. The van der Waals surface area contributed by atoms with Gasteiger partial charge >= 0.3 is 0 Å². The normalized spacial score (nSPS) is 11.4. The molecule has 128 valence electrons. The van der Waals surface area contributed by atoms with Gasteiger partial charge in [0.25, 0.3) is 15.6 Å². The number of benzene rings is 2. The van der Waals surface area contributed by atoms with Gasteiger partial charge in [-0.1, -0.05) is 47.2 Å². The summed E-state index contributed by atoms with van der Waals surface area (Å²) in [5.74, 6) is 0. The fraction of sp³-hybridized carbons (Fsp3) is 0.105. The van der Waals surface area contributed by atoms with Crippen LogP contribution in [0.3, 0.4) is 0 Å². The van der Waals surface area contributed by atoms with Crippen LogP contribution in [0.25, 0.3) is 0 Å². The van der Waals surface area contributed by atoms with Crippen LogP contribution in [0.15, 0.2) is 86.3 Å².